The summed E-state index contributed by atoms with van der Waals surface area (Å²) < 4.78 is 11.9. The second-order valence-corrected chi connectivity index (χ2v) is 8.16. The molecule has 2 saturated heterocycles. The lowest BCUT2D eigenvalue weighted by Crippen LogP contribution is -2.58. The van der Waals surface area contributed by atoms with Crippen molar-refractivity contribution in [1.29, 1.82) is 0 Å². The maximum atomic E-state index is 12.9. The third-order valence-electron chi connectivity index (χ3n) is 6.03. The molecule has 158 valence electrons. The number of nitrogens with zero attached hydrogens (tertiary/aromatic N) is 2. The van der Waals surface area contributed by atoms with Gasteiger partial charge in [-0.3, -0.25) is 9.59 Å². The van der Waals surface area contributed by atoms with Crippen LogP contribution in [0.3, 0.4) is 0 Å². The predicted octanol–water partition coefficient (Wildman–Crippen LogP) is 2.66. The molecule has 30 heavy (non-hydrogen) atoms. The zero-order valence-electron chi connectivity index (χ0n) is 17.4. The molecule has 2 aromatic carbocycles. The van der Waals surface area contributed by atoms with E-state index in [9.17, 15) is 9.59 Å². The Morgan fingerprint density at radius 1 is 1.07 bits per heavy atom. The van der Waals surface area contributed by atoms with Crippen molar-refractivity contribution in [2.75, 3.05) is 33.3 Å². The highest BCUT2D eigenvalue weighted by Gasteiger charge is 2.41. The van der Waals surface area contributed by atoms with Crippen molar-refractivity contribution in [1.82, 2.24) is 9.80 Å². The first kappa shape index (κ1) is 20.4. The fourth-order valence-electron chi connectivity index (χ4n) is 4.16. The standard InChI is InChI=1S/C24H28N2O4/c1-25-18-24(30-17-23(25)28)11-13-26(14-12-24)22(27)15-20-9-5-6-10-21(20)29-16-19-7-3-2-4-8-19/h2-10H,11-18H2,1H3. The average molecular weight is 408 g/mol. The highest BCUT2D eigenvalue weighted by atomic mass is 16.5. The smallest absolute Gasteiger partial charge is 0.248 e. The number of carbonyl (C=O) groups excluding carboxylic acids is 2. The SMILES string of the molecule is CN1CC2(CCN(C(=O)Cc3ccccc3OCc3ccccc3)CC2)OCC1=O. The summed E-state index contributed by atoms with van der Waals surface area (Å²) in [6.45, 7) is 2.50. The van der Waals surface area contributed by atoms with Gasteiger partial charge in [-0.1, -0.05) is 48.5 Å². The first-order valence-corrected chi connectivity index (χ1v) is 10.4. The monoisotopic (exact) mass is 408 g/mol. The molecule has 2 aliphatic rings. The maximum Gasteiger partial charge on any atom is 0.248 e. The van der Waals surface area contributed by atoms with Crippen molar-refractivity contribution in [3.8, 4) is 5.75 Å². The van der Waals surface area contributed by atoms with E-state index in [1.807, 2.05) is 66.5 Å². The lowest BCUT2D eigenvalue weighted by atomic mass is 9.89. The molecule has 0 bridgehead atoms. The van der Waals surface area contributed by atoms with Crippen LogP contribution in [0.4, 0.5) is 0 Å². The van der Waals surface area contributed by atoms with E-state index in [2.05, 4.69) is 0 Å². The second kappa shape index (κ2) is 8.88. The van der Waals surface area contributed by atoms with Crippen LogP contribution in [-0.2, 0) is 27.4 Å². The van der Waals surface area contributed by atoms with Crippen molar-refractivity contribution in [3.63, 3.8) is 0 Å². The van der Waals surface area contributed by atoms with Gasteiger partial charge in [-0.05, 0) is 24.5 Å². The molecular formula is C24H28N2O4. The third kappa shape index (κ3) is 4.65. The van der Waals surface area contributed by atoms with Gasteiger partial charge in [-0.2, -0.15) is 0 Å². The number of ether oxygens (including phenoxy) is 2. The first-order valence-electron chi connectivity index (χ1n) is 10.4. The molecular weight excluding hydrogens is 380 g/mol. The van der Waals surface area contributed by atoms with Gasteiger partial charge >= 0.3 is 0 Å². The Hall–Kier alpha value is -2.86. The molecule has 4 rings (SSSR count). The van der Waals surface area contributed by atoms with Gasteiger partial charge in [0.2, 0.25) is 11.8 Å². The van der Waals surface area contributed by atoms with Crippen molar-refractivity contribution in [3.05, 3.63) is 65.7 Å². The van der Waals surface area contributed by atoms with Crippen LogP contribution in [0.1, 0.15) is 24.0 Å². The van der Waals surface area contributed by atoms with E-state index >= 15 is 0 Å². The van der Waals surface area contributed by atoms with Crippen LogP contribution >= 0.6 is 0 Å². The van der Waals surface area contributed by atoms with Gasteiger partial charge in [0.1, 0.15) is 19.0 Å². The molecule has 0 N–H and O–H groups in total. The third-order valence-corrected chi connectivity index (χ3v) is 6.03. The Labute approximate surface area is 177 Å². The number of likely N-dealkylation sites (N-methyl/N-ethyl adjacent to an activating group) is 1. The van der Waals surface area contributed by atoms with E-state index in [-0.39, 0.29) is 24.0 Å². The summed E-state index contributed by atoms with van der Waals surface area (Å²) in [4.78, 5) is 28.3. The molecule has 0 radical (unpaired) electrons. The number of morpholine rings is 1. The normalized spacial score (nSPS) is 18.5. The number of piperidine rings is 1. The average Bonchev–Trinajstić information content (AvgIpc) is 2.77. The Kier molecular flexibility index (Phi) is 6.04. The fourth-order valence-corrected chi connectivity index (χ4v) is 4.16. The van der Waals surface area contributed by atoms with E-state index in [4.69, 9.17) is 9.47 Å². The molecule has 2 amide bonds. The molecule has 1 spiro atoms. The molecule has 2 aliphatic heterocycles. The number of para-hydroxylation sites is 1. The van der Waals surface area contributed by atoms with Crippen LogP contribution in [0.2, 0.25) is 0 Å². The number of hydrogen-bond acceptors (Lipinski definition) is 4. The van der Waals surface area contributed by atoms with E-state index in [1.54, 1.807) is 4.90 Å². The van der Waals surface area contributed by atoms with Crippen LogP contribution in [0.25, 0.3) is 0 Å². The highest BCUT2D eigenvalue weighted by Crippen LogP contribution is 2.30. The van der Waals surface area contributed by atoms with E-state index in [0.717, 1.165) is 29.7 Å². The number of carbonyl (C=O) groups is 2. The number of benzene rings is 2. The number of likely N-dealkylation sites (tertiary alicyclic amines) is 1. The van der Waals surface area contributed by atoms with Crippen molar-refractivity contribution in [2.45, 2.75) is 31.5 Å². The minimum atomic E-state index is -0.309. The molecule has 2 heterocycles. The van der Waals surface area contributed by atoms with Crippen LogP contribution in [0, 0.1) is 0 Å². The van der Waals surface area contributed by atoms with Gasteiger partial charge in [-0.25, -0.2) is 0 Å². The second-order valence-electron chi connectivity index (χ2n) is 8.16. The molecule has 6 nitrogen and oxygen atoms in total. The molecule has 0 saturated carbocycles. The van der Waals surface area contributed by atoms with E-state index < -0.39 is 0 Å². The molecule has 0 atom stereocenters. The maximum absolute atomic E-state index is 12.9. The minimum absolute atomic E-state index is 0.0197. The number of hydrogen-bond donors (Lipinski definition) is 0. The summed E-state index contributed by atoms with van der Waals surface area (Å²) in [5, 5.41) is 0. The number of rotatable bonds is 5. The lowest BCUT2D eigenvalue weighted by molar-refractivity contribution is -0.170. The predicted molar refractivity (Wildman–Crippen MR) is 113 cm³/mol. The van der Waals surface area contributed by atoms with Gasteiger partial charge in [0.05, 0.1) is 12.0 Å². The zero-order valence-corrected chi connectivity index (χ0v) is 17.4. The van der Waals surface area contributed by atoms with Crippen LogP contribution in [0.15, 0.2) is 54.6 Å². The Bertz CT molecular complexity index is 891. The minimum Gasteiger partial charge on any atom is -0.489 e. The van der Waals surface area contributed by atoms with Gasteiger partial charge in [-0.15, -0.1) is 0 Å². The van der Waals surface area contributed by atoms with Crippen LogP contribution in [-0.4, -0.2) is 60.5 Å². The topological polar surface area (TPSA) is 59.1 Å². The molecule has 2 fully saturated rings. The summed E-state index contributed by atoms with van der Waals surface area (Å²) in [5.74, 6) is 0.867. The largest absolute Gasteiger partial charge is 0.489 e. The Balaban J connectivity index is 1.34. The van der Waals surface area contributed by atoms with Crippen LogP contribution < -0.4 is 4.74 Å². The zero-order chi connectivity index (χ0) is 21.0. The quantitative estimate of drug-likeness (QED) is 0.763. The van der Waals surface area contributed by atoms with Gasteiger partial charge in [0, 0.05) is 32.2 Å². The van der Waals surface area contributed by atoms with Crippen LogP contribution in [0.5, 0.6) is 5.75 Å². The summed E-state index contributed by atoms with van der Waals surface area (Å²) in [7, 11) is 1.82. The lowest BCUT2D eigenvalue weighted by Gasteiger charge is -2.46. The summed E-state index contributed by atoms with van der Waals surface area (Å²) in [6, 6.07) is 17.7. The van der Waals surface area contributed by atoms with Crippen molar-refractivity contribution in [2.24, 2.45) is 0 Å². The highest BCUT2D eigenvalue weighted by molar-refractivity contribution is 5.80. The Morgan fingerprint density at radius 3 is 2.50 bits per heavy atom. The van der Waals surface area contributed by atoms with Crippen molar-refractivity contribution >= 4 is 11.8 Å². The molecule has 0 aromatic heterocycles. The van der Waals surface area contributed by atoms with E-state index in [0.29, 0.717) is 32.7 Å². The summed E-state index contributed by atoms with van der Waals surface area (Å²) in [6.07, 6.45) is 1.82. The van der Waals surface area contributed by atoms with E-state index in [1.165, 1.54) is 0 Å². The van der Waals surface area contributed by atoms with Gasteiger partial charge < -0.3 is 19.3 Å². The molecule has 0 unspecified atom stereocenters. The fraction of sp³-hybridized carbons (Fsp3) is 0.417. The molecule has 0 aliphatic carbocycles. The first-order chi connectivity index (χ1) is 14.5. The molecule has 6 heteroatoms. The van der Waals surface area contributed by atoms with Gasteiger partial charge in [0.25, 0.3) is 0 Å². The summed E-state index contributed by atoms with van der Waals surface area (Å²) in [5.41, 5.74) is 1.68. The molecule has 2 aromatic rings. The Morgan fingerprint density at radius 2 is 1.77 bits per heavy atom. The number of amides is 2. The summed E-state index contributed by atoms with van der Waals surface area (Å²) >= 11 is 0. The van der Waals surface area contributed by atoms with Gasteiger partial charge in [0.15, 0.2) is 0 Å². The van der Waals surface area contributed by atoms with Crippen molar-refractivity contribution < 1.29 is 19.1 Å².